The maximum absolute atomic E-state index is 4.21. The molecule has 0 atom stereocenters. The van der Waals surface area contributed by atoms with Crippen molar-refractivity contribution in [2.45, 2.75) is 71.4 Å². The molecule has 18 heavy (non-hydrogen) atoms. The van der Waals surface area contributed by atoms with Gasteiger partial charge in [-0.2, -0.15) is 0 Å². The molecule has 1 aromatic heterocycles. The molecule has 0 amide bonds. The van der Waals surface area contributed by atoms with Gasteiger partial charge in [-0.25, -0.2) is 4.98 Å². The number of hydrogen-bond acceptors (Lipinski definition) is 2. The van der Waals surface area contributed by atoms with Gasteiger partial charge in [0.1, 0.15) is 0 Å². The van der Waals surface area contributed by atoms with Crippen LogP contribution in [0.5, 0.6) is 0 Å². The van der Waals surface area contributed by atoms with Crippen LogP contribution in [0.25, 0.3) is 0 Å². The van der Waals surface area contributed by atoms with Crippen molar-refractivity contribution in [3.8, 4) is 0 Å². The molecule has 1 rings (SSSR count). The zero-order chi connectivity index (χ0) is 13.1. The fraction of sp³-hybridized carbons (Fsp3) is 0.800. The minimum absolute atomic E-state index is 0.914. The van der Waals surface area contributed by atoms with Gasteiger partial charge in [-0.15, -0.1) is 0 Å². The van der Waals surface area contributed by atoms with E-state index < -0.39 is 0 Å². The van der Waals surface area contributed by atoms with Crippen molar-refractivity contribution >= 4 is 0 Å². The van der Waals surface area contributed by atoms with Gasteiger partial charge in [0.05, 0.1) is 12.0 Å². The van der Waals surface area contributed by atoms with Crippen molar-refractivity contribution in [1.82, 2.24) is 14.9 Å². The smallest absolute Gasteiger partial charge is 0.0948 e. The number of nitrogens with zero attached hydrogens (tertiary/aromatic N) is 2. The lowest BCUT2D eigenvalue weighted by atomic mass is 10.1. The fourth-order valence-electron chi connectivity index (χ4n) is 2.29. The van der Waals surface area contributed by atoms with E-state index >= 15 is 0 Å². The minimum Gasteiger partial charge on any atom is -0.333 e. The van der Waals surface area contributed by atoms with Crippen LogP contribution in [0, 0.1) is 0 Å². The molecule has 0 aromatic carbocycles. The maximum Gasteiger partial charge on any atom is 0.0948 e. The SMILES string of the molecule is CCCCCCCCCCn1cncc1CNC. The molecule has 0 saturated carbocycles. The Hall–Kier alpha value is -0.830. The van der Waals surface area contributed by atoms with Crippen LogP contribution in [0.15, 0.2) is 12.5 Å². The van der Waals surface area contributed by atoms with E-state index in [1.165, 1.54) is 57.1 Å². The highest BCUT2D eigenvalue weighted by molar-refractivity contribution is 4.97. The summed E-state index contributed by atoms with van der Waals surface area (Å²) in [6, 6.07) is 0. The molecular weight excluding hydrogens is 222 g/mol. The van der Waals surface area contributed by atoms with Gasteiger partial charge in [-0.05, 0) is 13.5 Å². The highest BCUT2D eigenvalue weighted by Crippen LogP contribution is 2.09. The molecule has 0 radical (unpaired) electrons. The highest BCUT2D eigenvalue weighted by Gasteiger charge is 2.00. The standard InChI is InChI=1S/C15H29N3/c1-3-4-5-6-7-8-9-10-11-18-14-17-13-15(18)12-16-2/h13-14,16H,3-12H2,1-2H3. The molecule has 1 aromatic rings. The largest absolute Gasteiger partial charge is 0.333 e. The summed E-state index contributed by atoms with van der Waals surface area (Å²) in [5.41, 5.74) is 1.29. The van der Waals surface area contributed by atoms with Crippen LogP contribution in [0.1, 0.15) is 64.0 Å². The molecule has 0 spiro atoms. The number of rotatable bonds is 11. The summed E-state index contributed by atoms with van der Waals surface area (Å²) in [5, 5.41) is 3.18. The van der Waals surface area contributed by atoms with Crippen molar-refractivity contribution < 1.29 is 0 Å². The Balaban J connectivity index is 2.01. The molecule has 0 fully saturated rings. The summed E-state index contributed by atoms with van der Waals surface area (Å²) in [6.07, 6.45) is 14.9. The van der Waals surface area contributed by atoms with Gasteiger partial charge in [-0.3, -0.25) is 0 Å². The third-order valence-corrected chi connectivity index (χ3v) is 3.41. The molecule has 0 aliphatic rings. The predicted octanol–water partition coefficient (Wildman–Crippen LogP) is 3.74. The van der Waals surface area contributed by atoms with Crippen LogP contribution in [-0.2, 0) is 13.1 Å². The van der Waals surface area contributed by atoms with Gasteiger partial charge >= 0.3 is 0 Å². The lowest BCUT2D eigenvalue weighted by Crippen LogP contribution is -2.10. The zero-order valence-electron chi connectivity index (χ0n) is 12.1. The Labute approximate surface area is 112 Å². The number of aromatic nitrogens is 2. The summed E-state index contributed by atoms with van der Waals surface area (Å²) in [6.45, 7) is 4.30. The van der Waals surface area contributed by atoms with Crippen molar-refractivity contribution in [3.63, 3.8) is 0 Å². The zero-order valence-corrected chi connectivity index (χ0v) is 12.1. The van der Waals surface area contributed by atoms with E-state index in [4.69, 9.17) is 0 Å². The predicted molar refractivity (Wildman–Crippen MR) is 77.6 cm³/mol. The Kier molecular flexibility index (Phi) is 8.57. The van der Waals surface area contributed by atoms with Crippen LogP contribution in [0.2, 0.25) is 0 Å². The first-order valence-electron chi connectivity index (χ1n) is 7.52. The molecule has 1 heterocycles. The monoisotopic (exact) mass is 251 g/mol. The van der Waals surface area contributed by atoms with Gasteiger partial charge < -0.3 is 9.88 Å². The van der Waals surface area contributed by atoms with Crippen LogP contribution in [-0.4, -0.2) is 16.6 Å². The minimum atomic E-state index is 0.914. The molecule has 3 nitrogen and oxygen atoms in total. The van der Waals surface area contributed by atoms with E-state index in [0.717, 1.165) is 13.1 Å². The summed E-state index contributed by atoms with van der Waals surface area (Å²) in [7, 11) is 1.98. The third-order valence-electron chi connectivity index (χ3n) is 3.41. The normalized spacial score (nSPS) is 11.0. The molecule has 0 aliphatic heterocycles. The van der Waals surface area contributed by atoms with Crippen LogP contribution in [0.4, 0.5) is 0 Å². The van der Waals surface area contributed by atoms with E-state index in [1.54, 1.807) is 0 Å². The lowest BCUT2D eigenvalue weighted by molar-refractivity contribution is 0.533. The Morgan fingerprint density at radius 2 is 1.72 bits per heavy atom. The molecule has 1 N–H and O–H groups in total. The van der Waals surface area contributed by atoms with Gasteiger partial charge in [-0.1, -0.05) is 51.9 Å². The molecule has 0 saturated heterocycles. The summed E-state index contributed by atoms with van der Waals surface area (Å²) < 4.78 is 2.27. The fourth-order valence-corrected chi connectivity index (χ4v) is 2.29. The second kappa shape index (κ2) is 10.1. The Morgan fingerprint density at radius 1 is 1.06 bits per heavy atom. The van der Waals surface area contributed by atoms with Crippen molar-refractivity contribution in [2.24, 2.45) is 0 Å². The lowest BCUT2D eigenvalue weighted by Gasteiger charge is -2.07. The first kappa shape index (κ1) is 15.2. The van der Waals surface area contributed by atoms with Crippen LogP contribution in [0.3, 0.4) is 0 Å². The van der Waals surface area contributed by atoms with Crippen LogP contribution < -0.4 is 5.32 Å². The second-order valence-corrected chi connectivity index (χ2v) is 5.08. The molecule has 0 aliphatic carbocycles. The first-order chi connectivity index (χ1) is 8.88. The number of aryl methyl sites for hydroxylation is 1. The van der Waals surface area contributed by atoms with E-state index in [9.17, 15) is 0 Å². The molecule has 0 bridgehead atoms. The molecule has 0 unspecified atom stereocenters. The Morgan fingerprint density at radius 3 is 2.39 bits per heavy atom. The van der Waals surface area contributed by atoms with E-state index in [2.05, 4.69) is 21.8 Å². The van der Waals surface area contributed by atoms with E-state index in [-0.39, 0.29) is 0 Å². The number of hydrogen-bond donors (Lipinski definition) is 1. The van der Waals surface area contributed by atoms with Crippen molar-refractivity contribution in [1.29, 1.82) is 0 Å². The summed E-state index contributed by atoms with van der Waals surface area (Å²) in [5.74, 6) is 0. The maximum atomic E-state index is 4.21. The van der Waals surface area contributed by atoms with Crippen molar-refractivity contribution in [2.75, 3.05) is 7.05 Å². The van der Waals surface area contributed by atoms with Gasteiger partial charge in [0.15, 0.2) is 0 Å². The molecule has 104 valence electrons. The average Bonchev–Trinajstić information content (AvgIpc) is 2.81. The van der Waals surface area contributed by atoms with Gasteiger partial charge in [0, 0.05) is 19.3 Å². The number of unbranched alkanes of at least 4 members (excludes halogenated alkanes) is 7. The Bertz CT molecular complexity index is 294. The quantitative estimate of drug-likeness (QED) is 0.607. The average molecular weight is 251 g/mol. The first-order valence-corrected chi connectivity index (χ1v) is 7.52. The third kappa shape index (κ3) is 6.20. The molecule has 3 heteroatoms. The highest BCUT2D eigenvalue weighted by atomic mass is 15.1. The summed E-state index contributed by atoms with van der Waals surface area (Å²) >= 11 is 0. The number of nitrogens with one attached hydrogen (secondary N) is 1. The van der Waals surface area contributed by atoms with Crippen LogP contribution >= 0.6 is 0 Å². The van der Waals surface area contributed by atoms with E-state index in [1.807, 2.05) is 19.6 Å². The molecular formula is C15H29N3. The topological polar surface area (TPSA) is 29.9 Å². The van der Waals surface area contributed by atoms with E-state index in [0.29, 0.717) is 0 Å². The van der Waals surface area contributed by atoms with Gasteiger partial charge in [0.2, 0.25) is 0 Å². The van der Waals surface area contributed by atoms with Crippen molar-refractivity contribution in [3.05, 3.63) is 18.2 Å². The number of imidazole rings is 1. The second-order valence-electron chi connectivity index (χ2n) is 5.08. The van der Waals surface area contributed by atoms with Gasteiger partial charge in [0.25, 0.3) is 0 Å². The summed E-state index contributed by atoms with van der Waals surface area (Å²) in [4.78, 5) is 4.21.